The summed E-state index contributed by atoms with van der Waals surface area (Å²) in [4.78, 5) is 0. The van der Waals surface area contributed by atoms with Crippen molar-refractivity contribution in [1.82, 2.24) is 0 Å². The predicted octanol–water partition coefficient (Wildman–Crippen LogP) is 4.58. The second kappa shape index (κ2) is 4.80. The van der Waals surface area contributed by atoms with Gasteiger partial charge in [-0.3, -0.25) is 0 Å². The van der Waals surface area contributed by atoms with Crippen LogP contribution in [0.2, 0.25) is 5.02 Å². The van der Waals surface area contributed by atoms with Gasteiger partial charge in [-0.05, 0) is 36.1 Å². The molecule has 0 aliphatic heterocycles. The van der Waals surface area contributed by atoms with E-state index in [2.05, 4.69) is 0 Å². The van der Waals surface area contributed by atoms with Crippen LogP contribution in [0.5, 0.6) is 5.75 Å². The molecular formula is C15H15ClO. The van der Waals surface area contributed by atoms with E-state index in [1.807, 2.05) is 44.2 Å². The molecule has 1 nitrogen and oxygen atoms in total. The van der Waals surface area contributed by atoms with Gasteiger partial charge in [0.2, 0.25) is 0 Å². The lowest BCUT2D eigenvalue weighted by atomic mass is 9.96. The Labute approximate surface area is 107 Å². The summed E-state index contributed by atoms with van der Waals surface area (Å²) in [5.74, 6) is 0.301. The van der Waals surface area contributed by atoms with Crippen LogP contribution in [-0.2, 0) is 6.42 Å². The van der Waals surface area contributed by atoms with Crippen LogP contribution in [0.15, 0.2) is 36.4 Å². The number of rotatable bonds is 2. The molecule has 0 bridgehead atoms. The Bertz CT molecular complexity index is 532. The zero-order valence-corrected chi connectivity index (χ0v) is 10.8. The summed E-state index contributed by atoms with van der Waals surface area (Å²) in [6.45, 7) is 3.98. The zero-order chi connectivity index (χ0) is 12.4. The lowest BCUT2D eigenvalue weighted by molar-refractivity contribution is 0.476. The summed E-state index contributed by atoms with van der Waals surface area (Å²) in [5, 5.41) is 10.9. The second-order valence-corrected chi connectivity index (χ2v) is 4.47. The topological polar surface area (TPSA) is 20.2 Å². The average Bonchev–Trinajstić information content (AvgIpc) is 2.35. The molecule has 2 aromatic carbocycles. The van der Waals surface area contributed by atoms with Gasteiger partial charge < -0.3 is 5.11 Å². The van der Waals surface area contributed by atoms with Crippen molar-refractivity contribution in [3.05, 3.63) is 52.5 Å². The van der Waals surface area contributed by atoms with Gasteiger partial charge in [0.15, 0.2) is 0 Å². The third-order valence-corrected chi connectivity index (χ3v) is 3.52. The molecule has 0 saturated carbocycles. The minimum Gasteiger partial charge on any atom is -0.507 e. The fourth-order valence-electron chi connectivity index (χ4n) is 2.07. The molecule has 0 spiro atoms. The van der Waals surface area contributed by atoms with Gasteiger partial charge in [0.05, 0.1) is 0 Å². The van der Waals surface area contributed by atoms with E-state index in [1.165, 1.54) is 0 Å². The number of phenols is 1. The van der Waals surface area contributed by atoms with Crippen LogP contribution < -0.4 is 0 Å². The monoisotopic (exact) mass is 246 g/mol. The summed E-state index contributed by atoms with van der Waals surface area (Å²) in [5.41, 5.74) is 3.75. The largest absolute Gasteiger partial charge is 0.507 e. The number of benzene rings is 2. The Balaban J connectivity index is 2.68. The van der Waals surface area contributed by atoms with Gasteiger partial charge in [0, 0.05) is 10.6 Å². The maximum atomic E-state index is 10.1. The van der Waals surface area contributed by atoms with Crippen LogP contribution in [0, 0.1) is 6.92 Å². The van der Waals surface area contributed by atoms with Gasteiger partial charge in [0.1, 0.15) is 5.75 Å². The van der Waals surface area contributed by atoms with Gasteiger partial charge in [-0.15, -0.1) is 0 Å². The minimum absolute atomic E-state index is 0.301. The number of halogens is 1. The van der Waals surface area contributed by atoms with Crippen molar-refractivity contribution < 1.29 is 5.11 Å². The zero-order valence-electron chi connectivity index (χ0n) is 10.00. The van der Waals surface area contributed by atoms with Crippen molar-refractivity contribution in [1.29, 1.82) is 0 Å². The summed E-state index contributed by atoms with van der Waals surface area (Å²) < 4.78 is 0. The highest BCUT2D eigenvalue weighted by molar-refractivity contribution is 6.32. The average molecular weight is 247 g/mol. The molecule has 0 unspecified atom stereocenters. The van der Waals surface area contributed by atoms with Gasteiger partial charge in [-0.1, -0.05) is 48.9 Å². The summed E-state index contributed by atoms with van der Waals surface area (Å²) in [6.07, 6.45) is 0.822. The van der Waals surface area contributed by atoms with Crippen LogP contribution in [-0.4, -0.2) is 5.11 Å². The van der Waals surface area contributed by atoms with Crippen molar-refractivity contribution in [2.24, 2.45) is 0 Å². The van der Waals surface area contributed by atoms with Crippen molar-refractivity contribution >= 4 is 11.6 Å². The van der Waals surface area contributed by atoms with E-state index in [9.17, 15) is 5.11 Å². The first kappa shape index (κ1) is 12.0. The van der Waals surface area contributed by atoms with Crippen molar-refractivity contribution in [2.45, 2.75) is 20.3 Å². The molecule has 0 radical (unpaired) electrons. The smallest absolute Gasteiger partial charge is 0.124 e. The Kier molecular flexibility index (Phi) is 3.39. The van der Waals surface area contributed by atoms with E-state index in [1.54, 1.807) is 6.07 Å². The number of aromatic hydroxyl groups is 1. The molecule has 0 aliphatic rings. The molecule has 0 fully saturated rings. The highest BCUT2D eigenvalue weighted by atomic mass is 35.5. The van der Waals surface area contributed by atoms with Crippen LogP contribution >= 0.6 is 11.6 Å². The summed E-state index contributed by atoms with van der Waals surface area (Å²) in [7, 11) is 0. The molecule has 88 valence electrons. The normalized spacial score (nSPS) is 10.5. The van der Waals surface area contributed by atoms with Gasteiger partial charge >= 0.3 is 0 Å². The standard InChI is InChI=1S/C15H15ClO/c1-3-11-9-13(17)14(10(2)15(11)16)12-7-5-4-6-8-12/h4-9,17H,3H2,1-2H3. The van der Waals surface area contributed by atoms with Gasteiger partial charge in [0.25, 0.3) is 0 Å². The summed E-state index contributed by atoms with van der Waals surface area (Å²) >= 11 is 6.31. The van der Waals surface area contributed by atoms with Crippen molar-refractivity contribution in [3.63, 3.8) is 0 Å². The molecule has 0 saturated heterocycles. The van der Waals surface area contributed by atoms with Crippen LogP contribution in [0.3, 0.4) is 0 Å². The highest BCUT2D eigenvalue weighted by Crippen LogP contribution is 2.38. The van der Waals surface area contributed by atoms with E-state index in [0.717, 1.165) is 33.7 Å². The van der Waals surface area contributed by atoms with E-state index in [0.29, 0.717) is 5.75 Å². The van der Waals surface area contributed by atoms with E-state index in [4.69, 9.17) is 11.6 Å². The fourth-order valence-corrected chi connectivity index (χ4v) is 2.35. The fraction of sp³-hybridized carbons (Fsp3) is 0.200. The molecule has 0 atom stereocenters. The summed E-state index contributed by atoms with van der Waals surface area (Å²) in [6, 6.07) is 11.6. The molecule has 0 heterocycles. The Morgan fingerprint density at radius 1 is 1.18 bits per heavy atom. The molecule has 1 N–H and O–H groups in total. The quantitative estimate of drug-likeness (QED) is 0.822. The number of phenolic OH excluding ortho intramolecular Hbond substituents is 1. The first-order chi connectivity index (χ1) is 8.15. The van der Waals surface area contributed by atoms with Crippen LogP contribution in [0.4, 0.5) is 0 Å². The van der Waals surface area contributed by atoms with Crippen molar-refractivity contribution in [2.75, 3.05) is 0 Å². The number of hydrogen-bond donors (Lipinski definition) is 1. The lowest BCUT2D eigenvalue weighted by Gasteiger charge is -2.13. The Morgan fingerprint density at radius 3 is 2.41 bits per heavy atom. The predicted molar refractivity (Wildman–Crippen MR) is 72.7 cm³/mol. The minimum atomic E-state index is 0.301. The molecule has 0 aromatic heterocycles. The third kappa shape index (κ3) is 2.16. The Morgan fingerprint density at radius 2 is 1.82 bits per heavy atom. The molecule has 2 rings (SSSR count). The van der Waals surface area contributed by atoms with Crippen LogP contribution in [0.25, 0.3) is 11.1 Å². The third-order valence-electron chi connectivity index (χ3n) is 3.00. The molecule has 17 heavy (non-hydrogen) atoms. The molecule has 2 aromatic rings. The van der Waals surface area contributed by atoms with E-state index < -0.39 is 0 Å². The molecular weight excluding hydrogens is 232 g/mol. The maximum absolute atomic E-state index is 10.1. The highest BCUT2D eigenvalue weighted by Gasteiger charge is 2.13. The Hall–Kier alpha value is -1.47. The first-order valence-corrected chi connectivity index (χ1v) is 6.09. The number of aryl methyl sites for hydroxylation is 1. The number of hydrogen-bond acceptors (Lipinski definition) is 1. The van der Waals surface area contributed by atoms with Crippen molar-refractivity contribution in [3.8, 4) is 16.9 Å². The van der Waals surface area contributed by atoms with E-state index >= 15 is 0 Å². The second-order valence-electron chi connectivity index (χ2n) is 4.09. The molecule has 2 heteroatoms. The van der Waals surface area contributed by atoms with E-state index in [-0.39, 0.29) is 0 Å². The SMILES string of the molecule is CCc1cc(O)c(-c2ccccc2)c(C)c1Cl. The van der Waals surface area contributed by atoms with Crippen LogP contribution in [0.1, 0.15) is 18.1 Å². The van der Waals surface area contributed by atoms with Gasteiger partial charge in [-0.2, -0.15) is 0 Å². The first-order valence-electron chi connectivity index (χ1n) is 5.71. The maximum Gasteiger partial charge on any atom is 0.124 e. The molecule has 0 aliphatic carbocycles. The van der Waals surface area contributed by atoms with Gasteiger partial charge in [-0.25, -0.2) is 0 Å². The molecule has 0 amide bonds. The lowest BCUT2D eigenvalue weighted by Crippen LogP contribution is -1.91.